The Hall–Kier alpha value is -4.14. The number of aromatic amines is 1. The molecule has 1 atom stereocenters. The standard InChI is InChI=1S/C25H24N6O3/c1-13(2)22(14-3-4-19-20(8-14)34-6-5-33-19)31-25-17-10-18(29-24(17)27-12-28-25)16-7-15-9-21(32)30-23(15)26-11-16/h3-4,7-8,10-13,22H,5-6,9H2,1-2H3,(H,26,30,32)(H2,27,28,29,31)/t22-/m1/s1. The number of amides is 1. The molecule has 9 heteroatoms. The van der Waals surface area contributed by atoms with Gasteiger partial charge < -0.3 is 25.1 Å². The molecule has 1 aromatic carbocycles. The van der Waals surface area contributed by atoms with Gasteiger partial charge in [0.25, 0.3) is 0 Å². The van der Waals surface area contributed by atoms with Gasteiger partial charge in [-0.25, -0.2) is 15.0 Å². The third-order valence-corrected chi connectivity index (χ3v) is 6.20. The quantitative estimate of drug-likeness (QED) is 0.414. The lowest BCUT2D eigenvalue weighted by atomic mass is 9.95. The predicted molar refractivity (Wildman–Crippen MR) is 128 cm³/mol. The summed E-state index contributed by atoms with van der Waals surface area (Å²) in [6.07, 6.45) is 3.64. The number of pyridine rings is 1. The number of ether oxygens (including phenoxy) is 2. The molecule has 0 saturated heterocycles. The van der Waals surface area contributed by atoms with Gasteiger partial charge in [-0.3, -0.25) is 4.79 Å². The summed E-state index contributed by atoms with van der Waals surface area (Å²) in [5, 5.41) is 7.27. The van der Waals surface area contributed by atoms with Gasteiger partial charge in [-0.1, -0.05) is 19.9 Å². The fourth-order valence-corrected chi connectivity index (χ4v) is 4.50. The molecule has 3 aromatic heterocycles. The van der Waals surface area contributed by atoms with Crippen LogP contribution < -0.4 is 20.1 Å². The first kappa shape index (κ1) is 20.5. The second-order valence-corrected chi connectivity index (χ2v) is 8.89. The summed E-state index contributed by atoms with van der Waals surface area (Å²) >= 11 is 0. The number of nitrogens with one attached hydrogen (secondary N) is 3. The highest BCUT2D eigenvalue weighted by atomic mass is 16.6. The highest BCUT2D eigenvalue weighted by Crippen LogP contribution is 2.37. The summed E-state index contributed by atoms with van der Waals surface area (Å²) < 4.78 is 11.5. The second-order valence-electron chi connectivity index (χ2n) is 8.89. The molecule has 5 heterocycles. The highest BCUT2D eigenvalue weighted by Gasteiger charge is 2.23. The lowest BCUT2D eigenvalue weighted by molar-refractivity contribution is -0.115. The predicted octanol–water partition coefficient (Wildman–Crippen LogP) is 4.09. The van der Waals surface area contributed by atoms with Crippen molar-refractivity contribution in [3.05, 3.63) is 54.0 Å². The monoisotopic (exact) mass is 456 g/mol. The largest absolute Gasteiger partial charge is 0.486 e. The van der Waals surface area contributed by atoms with Crippen LogP contribution >= 0.6 is 0 Å². The first-order valence-corrected chi connectivity index (χ1v) is 11.3. The summed E-state index contributed by atoms with van der Waals surface area (Å²) in [5.41, 5.74) is 4.48. The van der Waals surface area contributed by atoms with Crippen LogP contribution in [-0.4, -0.2) is 39.1 Å². The molecule has 3 N–H and O–H groups in total. The van der Waals surface area contributed by atoms with E-state index >= 15 is 0 Å². The number of fused-ring (bicyclic) bond motifs is 3. The number of aromatic nitrogens is 4. The third-order valence-electron chi connectivity index (χ3n) is 6.20. The second kappa shape index (κ2) is 8.02. The molecule has 0 radical (unpaired) electrons. The first-order valence-electron chi connectivity index (χ1n) is 11.3. The molecule has 34 heavy (non-hydrogen) atoms. The van der Waals surface area contributed by atoms with E-state index in [4.69, 9.17) is 9.47 Å². The summed E-state index contributed by atoms with van der Waals surface area (Å²) in [6.45, 7) is 5.46. The zero-order chi connectivity index (χ0) is 23.2. The molecular weight excluding hydrogens is 432 g/mol. The van der Waals surface area contributed by atoms with E-state index in [2.05, 4.69) is 50.5 Å². The Kier molecular flexibility index (Phi) is 4.83. The van der Waals surface area contributed by atoms with Gasteiger partial charge in [-0.05, 0) is 35.7 Å². The maximum absolute atomic E-state index is 11.7. The number of carbonyl (C=O) groups is 1. The molecule has 4 aromatic rings. The topological polar surface area (TPSA) is 114 Å². The van der Waals surface area contributed by atoms with Crippen molar-refractivity contribution in [3.8, 4) is 22.8 Å². The van der Waals surface area contributed by atoms with Crippen molar-refractivity contribution >= 4 is 28.6 Å². The Morgan fingerprint density at radius 1 is 1.03 bits per heavy atom. The van der Waals surface area contributed by atoms with Crippen LogP contribution in [0.1, 0.15) is 31.0 Å². The number of hydrogen-bond acceptors (Lipinski definition) is 7. The first-order chi connectivity index (χ1) is 16.5. The van der Waals surface area contributed by atoms with E-state index in [0.717, 1.165) is 50.7 Å². The average molecular weight is 457 g/mol. The molecule has 0 bridgehead atoms. The third kappa shape index (κ3) is 3.59. The van der Waals surface area contributed by atoms with Crippen LogP contribution in [-0.2, 0) is 11.2 Å². The van der Waals surface area contributed by atoms with Gasteiger partial charge in [-0.15, -0.1) is 0 Å². The van der Waals surface area contributed by atoms with Crippen LogP contribution in [0.2, 0.25) is 0 Å². The summed E-state index contributed by atoms with van der Waals surface area (Å²) in [7, 11) is 0. The Balaban J connectivity index is 1.34. The van der Waals surface area contributed by atoms with Crippen LogP contribution in [0.25, 0.3) is 22.3 Å². The van der Waals surface area contributed by atoms with Gasteiger partial charge in [0.15, 0.2) is 11.5 Å². The van der Waals surface area contributed by atoms with E-state index in [1.807, 2.05) is 24.3 Å². The number of H-pyrrole nitrogens is 1. The zero-order valence-corrected chi connectivity index (χ0v) is 18.9. The minimum Gasteiger partial charge on any atom is -0.486 e. The normalized spacial score (nSPS) is 15.3. The van der Waals surface area contributed by atoms with Crippen molar-refractivity contribution in [2.24, 2.45) is 5.92 Å². The number of carbonyl (C=O) groups excluding carboxylic acids is 1. The summed E-state index contributed by atoms with van der Waals surface area (Å²) in [4.78, 5) is 28.4. The van der Waals surface area contributed by atoms with Crippen molar-refractivity contribution in [2.75, 3.05) is 23.8 Å². The lowest BCUT2D eigenvalue weighted by Gasteiger charge is -2.26. The van der Waals surface area contributed by atoms with Crippen molar-refractivity contribution in [1.82, 2.24) is 19.9 Å². The van der Waals surface area contributed by atoms with Gasteiger partial charge in [0.1, 0.15) is 36.8 Å². The maximum Gasteiger partial charge on any atom is 0.230 e. The van der Waals surface area contributed by atoms with Crippen molar-refractivity contribution in [1.29, 1.82) is 0 Å². The number of hydrogen-bond donors (Lipinski definition) is 3. The molecule has 0 spiro atoms. The molecule has 0 saturated carbocycles. The molecule has 2 aliphatic heterocycles. The fraction of sp³-hybridized carbons (Fsp3) is 0.280. The number of anilines is 2. The Bertz CT molecular complexity index is 1410. The van der Waals surface area contributed by atoms with E-state index in [9.17, 15) is 4.79 Å². The number of nitrogens with zero attached hydrogens (tertiary/aromatic N) is 3. The average Bonchev–Trinajstić information content (AvgIpc) is 3.44. The highest BCUT2D eigenvalue weighted by molar-refractivity contribution is 5.98. The molecular formula is C25H24N6O3. The molecule has 6 rings (SSSR count). The molecule has 172 valence electrons. The molecule has 2 aliphatic rings. The smallest absolute Gasteiger partial charge is 0.230 e. The van der Waals surface area contributed by atoms with Crippen molar-refractivity contribution < 1.29 is 14.3 Å². The van der Waals surface area contributed by atoms with Gasteiger partial charge in [-0.2, -0.15) is 0 Å². The number of benzene rings is 1. The minimum absolute atomic E-state index is 0.00558. The number of rotatable bonds is 5. The summed E-state index contributed by atoms with van der Waals surface area (Å²) in [5.74, 6) is 3.17. The Morgan fingerprint density at radius 2 is 1.88 bits per heavy atom. The summed E-state index contributed by atoms with van der Waals surface area (Å²) in [6, 6.07) is 10.1. The van der Waals surface area contributed by atoms with Gasteiger partial charge >= 0.3 is 0 Å². The molecule has 1 amide bonds. The fourth-order valence-electron chi connectivity index (χ4n) is 4.50. The molecule has 0 fully saturated rings. The van der Waals surface area contributed by atoms with Crippen molar-refractivity contribution in [3.63, 3.8) is 0 Å². The van der Waals surface area contributed by atoms with E-state index in [1.54, 1.807) is 12.5 Å². The van der Waals surface area contributed by atoms with Crippen molar-refractivity contribution in [2.45, 2.75) is 26.3 Å². The maximum atomic E-state index is 11.7. The Labute approximate surface area is 195 Å². The van der Waals surface area contributed by atoms with Crippen LogP contribution in [0.3, 0.4) is 0 Å². The SMILES string of the molecule is CC(C)[C@@H](Nc1ncnc2[nH]c(-c3cnc4c(c3)CC(=O)N4)cc12)c1ccc2c(c1)OCCO2. The van der Waals surface area contributed by atoms with Crippen LogP contribution in [0, 0.1) is 5.92 Å². The van der Waals surface area contributed by atoms with Gasteiger partial charge in [0.05, 0.1) is 17.8 Å². The van der Waals surface area contributed by atoms with E-state index < -0.39 is 0 Å². The molecule has 0 unspecified atom stereocenters. The van der Waals surface area contributed by atoms with Gasteiger partial charge in [0, 0.05) is 23.0 Å². The lowest BCUT2D eigenvalue weighted by Crippen LogP contribution is -2.19. The van der Waals surface area contributed by atoms with E-state index in [1.165, 1.54) is 0 Å². The zero-order valence-electron chi connectivity index (χ0n) is 18.9. The van der Waals surface area contributed by atoms with E-state index in [0.29, 0.717) is 25.5 Å². The van der Waals surface area contributed by atoms with Gasteiger partial charge in [0.2, 0.25) is 5.91 Å². The molecule has 0 aliphatic carbocycles. The minimum atomic E-state index is -0.0347. The van der Waals surface area contributed by atoms with Crippen LogP contribution in [0.15, 0.2) is 42.9 Å². The van der Waals surface area contributed by atoms with Crippen LogP contribution in [0.4, 0.5) is 11.6 Å². The Morgan fingerprint density at radius 3 is 2.74 bits per heavy atom. The molecule has 9 nitrogen and oxygen atoms in total. The van der Waals surface area contributed by atoms with Crippen LogP contribution in [0.5, 0.6) is 11.5 Å². The van der Waals surface area contributed by atoms with E-state index in [-0.39, 0.29) is 17.9 Å².